The van der Waals surface area contributed by atoms with Gasteiger partial charge in [0.1, 0.15) is 0 Å². The summed E-state index contributed by atoms with van der Waals surface area (Å²) in [7, 11) is -1.61. The Hall–Kier alpha value is -0.100. The molecule has 0 N–H and O–H groups in total. The molecule has 0 aliphatic carbocycles. The average molecular weight is 239 g/mol. The summed E-state index contributed by atoms with van der Waals surface area (Å²) < 4.78 is 26.2. The van der Waals surface area contributed by atoms with E-state index in [-0.39, 0.29) is 0 Å². The van der Waals surface area contributed by atoms with Crippen molar-refractivity contribution in [1.82, 2.24) is 8.61 Å². The average Bonchev–Trinajstić information content (AvgIpc) is 2.13. The second kappa shape index (κ2) is 5.11. The summed E-state index contributed by atoms with van der Waals surface area (Å²) in [5.74, 6) is 0.420. The van der Waals surface area contributed by atoms with Crippen LogP contribution < -0.4 is 0 Å². The monoisotopic (exact) mass is 238 g/mol. The summed E-state index contributed by atoms with van der Waals surface area (Å²) in [6.07, 6.45) is 4.42. The van der Waals surface area contributed by atoms with E-state index in [1.165, 1.54) is 8.61 Å². The lowest BCUT2D eigenvalue weighted by Crippen LogP contribution is -2.47. The van der Waals surface area contributed by atoms with Crippen LogP contribution in [0.1, 0.15) is 6.42 Å². The second-order valence-corrected chi connectivity index (χ2v) is 5.51. The van der Waals surface area contributed by atoms with Crippen LogP contribution in [-0.4, -0.2) is 49.6 Å². The quantitative estimate of drug-likeness (QED) is 0.536. The molecule has 1 saturated heterocycles. The molecule has 0 spiro atoms. The van der Waals surface area contributed by atoms with Crippen molar-refractivity contribution in [1.29, 1.82) is 0 Å². The van der Waals surface area contributed by atoms with Crippen LogP contribution in [0.25, 0.3) is 0 Å². The largest absolute Gasteiger partial charge is 0.282 e. The van der Waals surface area contributed by atoms with Crippen molar-refractivity contribution in [2.75, 3.05) is 32.6 Å². The van der Waals surface area contributed by atoms with Crippen molar-refractivity contribution < 1.29 is 8.42 Å². The molecule has 0 atom stereocenters. The van der Waals surface area contributed by atoms with E-state index in [1.54, 1.807) is 19.2 Å². The highest BCUT2D eigenvalue weighted by atomic mass is 35.5. The second-order valence-electron chi connectivity index (χ2n) is 3.17. The summed E-state index contributed by atoms with van der Waals surface area (Å²) >= 11 is 5.45. The molecule has 4 nitrogen and oxygen atoms in total. The van der Waals surface area contributed by atoms with Gasteiger partial charge in [0.15, 0.2) is 0 Å². The van der Waals surface area contributed by atoms with Gasteiger partial charge in [0, 0.05) is 32.6 Å². The first-order chi connectivity index (χ1) is 6.59. The third-order valence-corrected chi connectivity index (χ3v) is 4.30. The number of nitrogens with zero attached hydrogens (tertiary/aromatic N) is 2. The van der Waals surface area contributed by atoms with Crippen molar-refractivity contribution in [2.24, 2.45) is 0 Å². The van der Waals surface area contributed by atoms with E-state index in [9.17, 15) is 8.42 Å². The maximum absolute atomic E-state index is 11.7. The molecular formula is C8H15ClN2O2S. The lowest BCUT2D eigenvalue weighted by atomic mass is 10.4. The highest BCUT2D eigenvalue weighted by Crippen LogP contribution is 2.13. The number of hydrogen-bond acceptors (Lipinski definition) is 2. The molecule has 0 aromatic heterocycles. The van der Waals surface area contributed by atoms with Crippen molar-refractivity contribution in [3.05, 3.63) is 12.2 Å². The van der Waals surface area contributed by atoms with Crippen molar-refractivity contribution in [3.63, 3.8) is 0 Å². The first-order valence-electron chi connectivity index (χ1n) is 4.51. The Kier molecular flexibility index (Phi) is 4.37. The van der Waals surface area contributed by atoms with E-state index < -0.39 is 10.2 Å². The molecule has 1 rings (SSSR count). The Balaban J connectivity index is 2.63. The fourth-order valence-electron chi connectivity index (χ4n) is 1.34. The standard InChI is InChI=1S/C8H15ClN2O2S/c1-10-6-4-8-11(14(10,12)13)7-3-2-5-9/h2-3H,4-8H2,1H3/b3-2+. The van der Waals surface area contributed by atoms with Gasteiger partial charge in [-0.3, -0.25) is 0 Å². The van der Waals surface area contributed by atoms with Crippen LogP contribution in [0.4, 0.5) is 0 Å². The zero-order valence-electron chi connectivity index (χ0n) is 8.19. The van der Waals surface area contributed by atoms with Crippen LogP contribution in [0.15, 0.2) is 12.2 Å². The fourth-order valence-corrected chi connectivity index (χ4v) is 2.85. The van der Waals surface area contributed by atoms with Crippen LogP contribution in [0.5, 0.6) is 0 Å². The first-order valence-corrected chi connectivity index (χ1v) is 6.44. The Morgan fingerprint density at radius 2 is 2.07 bits per heavy atom. The minimum Gasteiger partial charge on any atom is -0.195 e. The molecule has 0 radical (unpaired) electrons. The maximum Gasteiger partial charge on any atom is 0.282 e. The van der Waals surface area contributed by atoms with E-state index in [4.69, 9.17) is 11.6 Å². The van der Waals surface area contributed by atoms with E-state index in [0.717, 1.165) is 6.42 Å². The number of alkyl halides is 1. The van der Waals surface area contributed by atoms with E-state index in [2.05, 4.69) is 0 Å². The summed E-state index contributed by atoms with van der Waals surface area (Å²) in [5.41, 5.74) is 0. The maximum atomic E-state index is 11.7. The van der Waals surface area contributed by atoms with E-state index >= 15 is 0 Å². The van der Waals surface area contributed by atoms with Gasteiger partial charge in [-0.05, 0) is 6.42 Å². The SMILES string of the molecule is CN1CCCN(C/C=C/CCl)S1(=O)=O. The molecule has 0 aromatic rings. The van der Waals surface area contributed by atoms with E-state index in [1.807, 2.05) is 0 Å². The number of rotatable bonds is 3. The Bertz CT molecular complexity index is 302. The molecule has 82 valence electrons. The van der Waals surface area contributed by atoms with Crippen molar-refractivity contribution in [3.8, 4) is 0 Å². The molecule has 0 bridgehead atoms. The van der Waals surface area contributed by atoms with Crippen molar-refractivity contribution >= 4 is 21.8 Å². The number of hydrogen-bond donors (Lipinski definition) is 0. The highest BCUT2D eigenvalue weighted by molar-refractivity contribution is 7.86. The minimum absolute atomic E-state index is 0.416. The normalized spacial score (nSPS) is 24.4. The molecule has 1 heterocycles. The third-order valence-electron chi connectivity index (χ3n) is 2.17. The lowest BCUT2D eigenvalue weighted by Gasteiger charge is -2.31. The van der Waals surface area contributed by atoms with Crippen LogP contribution in [0.3, 0.4) is 0 Å². The van der Waals surface area contributed by atoms with Gasteiger partial charge in [-0.15, -0.1) is 11.6 Å². The van der Waals surface area contributed by atoms with Gasteiger partial charge in [0.25, 0.3) is 10.2 Å². The van der Waals surface area contributed by atoms with Gasteiger partial charge < -0.3 is 0 Å². The third kappa shape index (κ3) is 2.70. The lowest BCUT2D eigenvalue weighted by molar-refractivity contribution is 0.323. The van der Waals surface area contributed by atoms with Crippen LogP contribution in [0.2, 0.25) is 0 Å². The van der Waals surface area contributed by atoms with Crippen LogP contribution >= 0.6 is 11.6 Å². The summed E-state index contributed by atoms with van der Waals surface area (Å²) in [4.78, 5) is 0. The van der Waals surface area contributed by atoms with Crippen LogP contribution in [-0.2, 0) is 10.2 Å². The van der Waals surface area contributed by atoms with E-state index in [0.29, 0.717) is 25.5 Å². The Morgan fingerprint density at radius 1 is 1.36 bits per heavy atom. The number of halogens is 1. The first kappa shape index (κ1) is 12.0. The molecule has 1 aliphatic rings. The van der Waals surface area contributed by atoms with Gasteiger partial charge in [-0.1, -0.05) is 12.2 Å². The Morgan fingerprint density at radius 3 is 2.71 bits per heavy atom. The molecule has 0 unspecified atom stereocenters. The summed E-state index contributed by atoms with van der Waals surface area (Å²) in [6, 6.07) is 0. The van der Waals surface area contributed by atoms with Gasteiger partial charge >= 0.3 is 0 Å². The summed E-state index contributed by atoms with van der Waals surface area (Å²) in [6.45, 7) is 1.62. The number of allylic oxidation sites excluding steroid dienone is 1. The van der Waals surface area contributed by atoms with Crippen molar-refractivity contribution in [2.45, 2.75) is 6.42 Å². The molecule has 6 heteroatoms. The topological polar surface area (TPSA) is 40.6 Å². The molecule has 1 aliphatic heterocycles. The molecule has 0 saturated carbocycles. The predicted octanol–water partition coefficient (Wildman–Crippen LogP) is 0.664. The zero-order chi connectivity index (χ0) is 10.6. The Labute approximate surface area is 90.3 Å². The summed E-state index contributed by atoms with van der Waals surface area (Å²) in [5, 5.41) is 0. The molecule has 14 heavy (non-hydrogen) atoms. The predicted molar refractivity (Wildman–Crippen MR) is 57.6 cm³/mol. The molecule has 1 fully saturated rings. The molecular weight excluding hydrogens is 224 g/mol. The minimum atomic E-state index is -3.21. The van der Waals surface area contributed by atoms with Crippen LogP contribution in [0, 0.1) is 0 Å². The van der Waals surface area contributed by atoms with Gasteiger partial charge in [0.2, 0.25) is 0 Å². The highest BCUT2D eigenvalue weighted by Gasteiger charge is 2.29. The zero-order valence-corrected chi connectivity index (χ0v) is 9.76. The molecule has 0 amide bonds. The molecule has 0 aromatic carbocycles. The fraction of sp³-hybridized carbons (Fsp3) is 0.750. The smallest absolute Gasteiger partial charge is 0.195 e. The van der Waals surface area contributed by atoms with Gasteiger partial charge in [-0.25, -0.2) is 0 Å². The van der Waals surface area contributed by atoms with Gasteiger partial charge in [0.05, 0.1) is 0 Å². The van der Waals surface area contributed by atoms with Gasteiger partial charge in [-0.2, -0.15) is 17.0 Å².